The second-order valence-corrected chi connectivity index (χ2v) is 6.50. The zero-order valence-electron chi connectivity index (χ0n) is 12.9. The van der Waals surface area contributed by atoms with Gasteiger partial charge in [-0.1, -0.05) is 44.0 Å². The van der Waals surface area contributed by atoms with Crippen molar-refractivity contribution in [3.05, 3.63) is 34.9 Å². The smallest absolute Gasteiger partial charge is 0.239 e. The molecule has 21 heavy (non-hydrogen) atoms. The molecule has 2 atom stereocenters. The van der Waals surface area contributed by atoms with Crippen LogP contribution in [0.2, 0.25) is 5.02 Å². The summed E-state index contributed by atoms with van der Waals surface area (Å²) in [6.07, 6.45) is 2.94. The first-order valence-corrected chi connectivity index (χ1v) is 8.20. The minimum Gasteiger partial charge on any atom is -0.341 e. The van der Waals surface area contributed by atoms with E-state index in [0.717, 1.165) is 37.4 Å². The predicted molar refractivity (Wildman–Crippen MR) is 87.4 cm³/mol. The van der Waals surface area contributed by atoms with Crippen LogP contribution in [-0.2, 0) is 4.79 Å². The quantitative estimate of drug-likeness (QED) is 0.926. The van der Waals surface area contributed by atoms with Gasteiger partial charge in [-0.05, 0) is 42.4 Å². The molecule has 4 heteroatoms. The third kappa shape index (κ3) is 3.98. The van der Waals surface area contributed by atoms with E-state index < -0.39 is 0 Å². The molecule has 0 spiro atoms. The van der Waals surface area contributed by atoms with Gasteiger partial charge in [0.1, 0.15) is 0 Å². The van der Waals surface area contributed by atoms with Crippen LogP contribution in [0.15, 0.2) is 24.3 Å². The molecule has 1 aromatic carbocycles. The van der Waals surface area contributed by atoms with Crippen LogP contribution < -0.4 is 5.73 Å². The summed E-state index contributed by atoms with van der Waals surface area (Å²) in [5.41, 5.74) is 7.38. The van der Waals surface area contributed by atoms with E-state index >= 15 is 0 Å². The second-order valence-electron chi connectivity index (χ2n) is 6.06. The molecule has 1 amide bonds. The van der Waals surface area contributed by atoms with E-state index in [2.05, 4.69) is 19.1 Å². The van der Waals surface area contributed by atoms with Gasteiger partial charge in [-0.2, -0.15) is 0 Å². The lowest BCUT2D eigenvalue weighted by Gasteiger charge is -2.34. The summed E-state index contributed by atoms with van der Waals surface area (Å²) < 4.78 is 0. The van der Waals surface area contributed by atoms with Crippen molar-refractivity contribution in [3.8, 4) is 0 Å². The van der Waals surface area contributed by atoms with Crippen molar-refractivity contribution < 1.29 is 4.79 Å². The summed E-state index contributed by atoms with van der Waals surface area (Å²) >= 11 is 5.93. The van der Waals surface area contributed by atoms with Crippen molar-refractivity contribution in [2.45, 2.75) is 45.1 Å². The van der Waals surface area contributed by atoms with Gasteiger partial charge in [0.2, 0.25) is 5.91 Å². The lowest BCUT2D eigenvalue weighted by molar-refractivity contribution is -0.134. The maximum absolute atomic E-state index is 12.4. The average Bonchev–Trinajstić information content (AvgIpc) is 2.53. The van der Waals surface area contributed by atoms with Crippen molar-refractivity contribution in [1.82, 2.24) is 4.90 Å². The monoisotopic (exact) mass is 308 g/mol. The first-order chi connectivity index (χ1) is 10.0. The zero-order valence-corrected chi connectivity index (χ0v) is 13.6. The van der Waals surface area contributed by atoms with Crippen molar-refractivity contribution in [2.24, 2.45) is 11.7 Å². The van der Waals surface area contributed by atoms with Crippen LogP contribution in [0.5, 0.6) is 0 Å². The molecule has 2 N–H and O–H groups in total. The summed E-state index contributed by atoms with van der Waals surface area (Å²) in [4.78, 5) is 14.3. The Balaban J connectivity index is 1.91. The number of hydrogen-bond acceptors (Lipinski definition) is 2. The Morgan fingerprint density at radius 2 is 1.90 bits per heavy atom. The maximum Gasteiger partial charge on any atom is 0.239 e. The molecule has 0 aromatic heterocycles. The van der Waals surface area contributed by atoms with Crippen LogP contribution in [0.1, 0.15) is 44.6 Å². The van der Waals surface area contributed by atoms with E-state index in [9.17, 15) is 4.79 Å². The Hall–Kier alpha value is -1.06. The SMILES string of the molecule is CC[C@H](C)[C@H](N)C(=O)N1CCC(c2ccc(Cl)cc2)CC1. The first kappa shape index (κ1) is 16.3. The highest BCUT2D eigenvalue weighted by molar-refractivity contribution is 6.30. The topological polar surface area (TPSA) is 46.3 Å². The van der Waals surface area contributed by atoms with Crippen LogP contribution in [-0.4, -0.2) is 29.9 Å². The largest absolute Gasteiger partial charge is 0.341 e. The Labute approximate surface area is 132 Å². The van der Waals surface area contributed by atoms with Crippen LogP contribution >= 0.6 is 11.6 Å². The van der Waals surface area contributed by atoms with Crippen LogP contribution in [0, 0.1) is 5.92 Å². The predicted octanol–water partition coefficient (Wildman–Crippen LogP) is 3.42. The third-order valence-electron chi connectivity index (χ3n) is 4.69. The zero-order chi connectivity index (χ0) is 15.4. The highest BCUT2D eigenvalue weighted by Gasteiger charge is 2.28. The summed E-state index contributed by atoms with van der Waals surface area (Å²) in [5.74, 6) is 0.872. The standard InChI is InChI=1S/C17H25ClN2O/c1-3-12(2)16(19)17(21)20-10-8-14(9-11-20)13-4-6-15(18)7-5-13/h4-7,12,14,16H,3,8-11,19H2,1-2H3/t12-,16-/m0/s1. The fourth-order valence-corrected chi connectivity index (χ4v) is 3.00. The molecule has 2 rings (SSSR count). The number of nitrogens with two attached hydrogens (primary N) is 1. The number of rotatable bonds is 4. The van der Waals surface area contributed by atoms with Gasteiger partial charge in [0.25, 0.3) is 0 Å². The number of carbonyl (C=O) groups excluding carboxylic acids is 1. The molecular weight excluding hydrogens is 284 g/mol. The molecule has 0 unspecified atom stereocenters. The van der Waals surface area contributed by atoms with E-state index in [-0.39, 0.29) is 17.9 Å². The van der Waals surface area contributed by atoms with Gasteiger partial charge in [0, 0.05) is 18.1 Å². The first-order valence-electron chi connectivity index (χ1n) is 7.82. The van der Waals surface area contributed by atoms with E-state index in [1.165, 1.54) is 5.56 Å². The molecular formula is C17H25ClN2O. The van der Waals surface area contributed by atoms with Gasteiger partial charge in [0.05, 0.1) is 6.04 Å². The highest BCUT2D eigenvalue weighted by Crippen LogP contribution is 2.29. The maximum atomic E-state index is 12.4. The molecule has 1 saturated heterocycles. The summed E-state index contributed by atoms with van der Waals surface area (Å²) in [7, 11) is 0. The third-order valence-corrected chi connectivity index (χ3v) is 4.94. The molecule has 0 bridgehead atoms. The summed E-state index contributed by atoms with van der Waals surface area (Å²) in [6.45, 7) is 5.72. The van der Waals surface area contributed by atoms with Gasteiger partial charge < -0.3 is 10.6 Å². The second kappa shape index (κ2) is 7.28. The molecule has 1 aromatic rings. The molecule has 1 heterocycles. The van der Waals surface area contributed by atoms with Crippen LogP contribution in [0.4, 0.5) is 0 Å². The van der Waals surface area contributed by atoms with Crippen molar-refractivity contribution >= 4 is 17.5 Å². The van der Waals surface area contributed by atoms with Crippen molar-refractivity contribution in [3.63, 3.8) is 0 Å². The Bertz CT molecular complexity index is 466. The molecule has 1 fully saturated rings. The van der Waals surface area contributed by atoms with E-state index in [1.54, 1.807) is 0 Å². The number of hydrogen-bond donors (Lipinski definition) is 1. The number of likely N-dealkylation sites (tertiary alicyclic amines) is 1. The molecule has 0 radical (unpaired) electrons. The Kier molecular flexibility index (Phi) is 5.65. The molecule has 1 aliphatic rings. The lowest BCUT2D eigenvalue weighted by Crippen LogP contribution is -2.49. The van der Waals surface area contributed by atoms with Gasteiger partial charge in [-0.15, -0.1) is 0 Å². The van der Waals surface area contributed by atoms with Gasteiger partial charge in [-0.3, -0.25) is 4.79 Å². The van der Waals surface area contributed by atoms with Crippen molar-refractivity contribution in [2.75, 3.05) is 13.1 Å². The number of carbonyl (C=O) groups is 1. The molecule has 1 aliphatic heterocycles. The fourth-order valence-electron chi connectivity index (χ4n) is 2.88. The molecule has 0 saturated carbocycles. The molecule has 0 aliphatic carbocycles. The molecule has 3 nitrogen and oxygen atoms in total. The lowest BCUT2D eigenvalue weighted by atomic mass is 9.89. The molecule has 116 valence electrons. The Morgan fingerprint density at radius 1 is 1.33 bits per heavy atom. The summed E-state index contributed by atoms with van der Waals surface area (Å²) in [6, 6.07) is 7.70. The Morgan fingerprint density at radius 3 is 2.43 bits per heavy atom. The minimum atomic E-state index is -0.359. The van der Waals surface area contributed by atoms with Gasteiger partial charge in [0.15, 0.2) is 0 Å². The van der Waals surface area contributed by atoms with Gasteiger partial charge >= 0.3 is 0 Å². The van der Waals surface area contributed by atoms with Crippen LogP contribution in [0.25, 0.3) is 0 Å². The van der Waals surface area contributed by atoms with Gasteiger partial charge in [-0.25, -0.2) is 0 Å². The highest BCUT2D eigenvalue weighted by atomic mass is 35.5. The van der Waals surface area contributed by atoms with E-state index in [1.807, 2.05) is 24.0 Å². The number of halogens is 1. The normalized spacial score (nSPS) is 19.3. The average molecular weight is 309 g/mol. The van der Waals surface area contributed by atoms with E-state index in [0.29, 0.717) is 5.92 Å². The number of piperidine rings is 1. The van der Waals surface area contributed by atoms with Crippen molar-refractivity contribution in [1.29, 1.82) is 0 Å². The number of nitrogens with zero attached hydrogens (tertiary/aromatic N) is 1. The summed E-state index contributed by atoms with van der Waals surface area (Å²) in [5, 5.41) is 0.769. The van der Waals surface area contributed by atoms with E-state index in [4.69, 9.17) is 17.3 Å². The number of benzene rings is 1. The van der Waals surface area contributed by atoms with Crippen LogP contribution in [0.3, 0.4) is 0 Å². The number of amides is 1. The minimum absolute atomic E-state index is 0.110. The fraction of sp³-hybridized carbons (Fsp3) is 0.588.